The Balaban J connectivity index is 1.79. The van der Waals surface area contributed by atoms with Gasteiger partial charge in [0.15, 0.2) is 5.72 Å². The van der Waals surface area contributed by atoms with Crippen LogP contribution in [0.15, 0.2) is 23.8 Å². The third kappa shape index (κ3) is 1.82. The van der Waals surface area contributed by atoms with E-state index in [1.807, 2.05) is 6.92 Å². The van der Waals surface area contributed by atoms with Crippen LogP contribution in [0.2, 0.25) is 0 Å². The summed E-state index contributed by atoms with van der Waals surface area (Å²) < 4.78 is 11.8. The number of esters is 1. The highest BCUT2D eigenvalue weighted by atomic mass is 16.7. The smallest absolute Gasteiger partial charge is 0.336 e. The van der Waals surface area contributed by atoms with Crippen LogP contribution in [0, 0.1) is 11.8 Å². The number of hydrogen-bond acceptors (Lipinski definition) is 5. The standard InChI is InChI=1S/C17H21NO5/c1-3-11-14-12(22-17(11)9-10(2)15(20)23-17)5-4-8-18-13(19)6-7-16(14,18)21/h6-7,9,11-12,14,21H,3-5,8H2,1-2H3/t11-,12+,14-,16+,17-/m0/s1. The van der Waals surface area contributed by atoms with Gasteiger partial charge in [0.1, 0.15) is 0 Å². The number of aliphatic hydroxyl groups is 1. The molecule has 1 amide bonds. The van der Waals surface area contributed by atoms with Crippen molar-refractivity contribution < 1.29 is 24.2 Å². The molecule has 0 bridgehead atoms. The number of carbonyl (C=O) groups excluding carboxylic acids is 2. The lowest BCUT2D eigenvalue weighted by atomic mass is 9.76. The van der Waals surface area contributed by atoms with Crippen LogP contribution in [0.3, 0.4) is 0 Å². The number of carbonyl (C=O) groups is 2. The number of hydrogen-bond donors (Lipinski definition) is 1. The second-order valence-corrected chi connectivity index (χ2v) is 6.88. The van der Waals surface area contributed by atoms with E-state index >= 15 is 0 Å². The molecule has 0 aromatic heterocycles. The third-order valence-corrected chi connectivity index (χ3v) is 5.65. The van der Waals surface area contributed by atoms with Crippen molar-refractivity contribution in [2.75, 3.05) is 6.54 Å². The normalized spacial score (nSPS) is 45.1. The van der Waals surface area contributed by atoms with Crippen LogP contribution in [-0.4, -0.2) is 46.0 Å². The molecule has 2 saturated heterocycles. The third-order valence-electron chi connectivity index (χ3n) is 5.65. The largest absolute Gasteiger partial charge is 0.426 e. The van der Waals surface area contributed by atoms with Crippen LogP contribution < -0.4 is 0 Å². The van der Waals surface area contributed by atoms with E-state index in [0.29, 0.717) is 18.5 Å². The molecule has 0 saturated carbocycles. The Hall–Kier alpha value is -1.66. The van der Waals surface area contributed by atoms with E-state index in [2.05, 4.69) is 0 Å². The first-order valence-corrected chi connectivity index (χ1v) is 8.25. The van der Waals surface area contributed by atoms with Crippen LogP contribution in [0.25, 0.3) is 0 Å². The summed E-state index contributed by atoms with van der Waals surface area (Å²) in [5.74, 6) is -2.16. The van der Waals surface area contributed by atoms with Crippen LogP contribution in [-0.2, 0) is 19.1 Å². The molecule has 1 N–H and O–H groups in total. The molecule has 0 aromatic carbocycles. The van der Waals surface area contributed by atoms with Crippen molar-refractivity contribution in [2.45, 2.75) is 50.7 Å². The Morgan fingerprint density at radius 3 is 2.87 bits per heavy atom. The molecule has 2 fully saturated rings. The lowest BCUT2D eigenvalue weighted by molar-refractivity contribution is -0.204. The van der Waals surface area contributed by atoms with E-state index in [1.165, 1.54) is 11.0 Å². The summed E-state index contributed by atoms with van der Waals surface area (Å²) in [6, 6.07) is 0. The second kappa shape index (κ2) is 4.68. The second-order valence-electron chi connectivity index (χ2n) is 6.88. The molecule has 23 heavy (non-hydrogen) atoms. The minimum absolute atomic E-state index is 0.168. The van der Waals surface area contributed by atoms with Crippen molar-refractivity contribution >= 4 is 11.9 Å². The highest BCUT2D eigenvalue weighted by Gasteiger charge is 2.65. The maximum atomic E-state index is 12.1. The van der Waals surface area contributed by atoms with Crippen molar-refractivity contribution in [3.05, 3.63) is 23.8 Å². The van der Waals surface area contributed by atoms with Gasteiger partial charge in [0.05, 0.1) is 6.10 Å². The summed E-state index contributed by atoms with van der Waals surface area (Å²) >= 11 is 0. The molecule has 0 unspecified atom stereocenters. The van der Waals surface area contributed by atoms with E-state index in [-0.39, 0.29) is 29.8 Å². The van der Waals surface area contributed by atoms with Gasteiger partial charge in [0, 0.05) is 30.0 Å². The van der Waals surface area contributed by atoms with Gasteiger partial charge in [-0.25, -0.2) is 4.79 Å². The van der Waals surface area contributed by atoms with Crippen molar-refractivity contribution in [3.8, 4) is 0 Å². The Labute approximate surface area is 134 Å². The van der Waals surface area contributed by atoms with Crippen LogP contribution in [0.1, 0.15) is 33.1 Å². The van der Waals surface area contributed by atoms with Crippen molar-refractivity contribution in [1.82, 2.24) is 4.90 Å². The van der Waals surface area contributed by atoms with Crippen molar-refractivity contribution in [1.29, 1.82) is 0 Å². The molecule has 4 heterocycles. The Kier molecular flexibility index (Phi) is 3.03. The molecule has 4 rings (SSSR count). The first kappa shape index (κ1) is 14.9. The maximum absolute atomic E-state index is 12.1. The van der Waals surface area contributed by atoms with E-state index in [4.69, 9.17) is 9.47 Å². The van der Waals surface area contributed by atoms with Gasteiger partial charge in [-0.15, -0.1) is 0 Å². The number of ether oxygens (including phenoxy) is 2. The molecule has 0 aliphatic carbocycles. The molecule has 1 spiro atoms. The number of amides is 1. The SMILES string of the molecule is CC[C@H]1[C@H]2[C@@H](CCCN3C(=O)C=C[C@@]23O)O[C@]12C=C(C)C(=O)O2. The molecule has 4 aliphatic heterocycles. The first-order chi connectivity index (χ1) is 10.9. The van der Waals surface area contributed by atoms with Gasteiger partial charge >= 0.3 is 5.97 Å². The monoisotopic (exact) mass is 319 g/mol. The van der Waals surface area contributed by atoms with Crippen molar-refractivity contribution in [2.24, 2.45) is 11.8 Å². The lowest BCUT2D eigenvalue weighted by Gasteiger charge is -2.40. The average molecular weight is 319 g/mol. The Bertz CT molecular complexity index is 641. The molecule has 0 aromatic rings. The summed E-state index contributed by atoms with van der Waals surface area (Å²) in [6.07, 6.45) is 6.66. The minimum atomic E-state index is -1.36. The number of rotatable bonds is 1. The zero-order valence-electron chi connectivity index (χ0n) is 13.3. The maximum Gasteiger partial charge on any atom is 0.336 e. The minimum Gasteiger partial charge on any atom is -0.426 e. The van der Waals surface area contributed by atoms with Gasteiger partial charge in [0.2, 0.25) is 11.7 Å². The fraction of sp³-hybridized carbons (Fsp3) is 0.647. The van der Waals surface area contributed by atoms with Gasteiger partial charge in [0.25, 0.3) is 0 Å². The topological polar surface area (TPSA) is 76.1 Å². The fourth-order valence-corrected chi connectivity index (χ4v) is 4.69. The summed E-state index contributed by atoms with van der Waals surface area (Å²) in [5, 5.41) is 11.3. The highest BCUT2D eigenvalue weighted by Crippen LogP contribution is 2.55. The fourth-order valence-electron chi connectivity index (χ4n) is 4.69. The van der Waals surface area contributed by atoms with Gasteiger partial charge in [-0.3, -0.25) is 4.79 Å². The molecule has 4 aliphatic rings. The van der Waals surface area contributed by atoms with Crippen molar-refractivity contribution in [3.63, 3.8) is 0 Å². The van der Waals surface area contributed by atoms with Gasteiger partial charge in [-0.2, -0.15) is 0 Å². The Morgan fingerprint density at radius 1 is 1.43 bits per heavy atom. The quantitative estimate of drug-likeness (QED) is 0.733. The summed E-state index contributed by atoms with van der Waals surface area (Å²) in [7, 11) is 0. The molecule has 124 valence electrons. The predicted octanol–water partition coefficient (Wildman–Crippen LogP) is 1.11. The number of fused-ring (bicyclic) bond motifs is 3. The number of nitrogens with zero attached hydrogens (tertiary/aromatic N) is 1. The zero-order chi connectivity index (χ0) is 16.4. The Morgan fingerprint density at radius 2 is 2.22 bits per heavy atom. The molecule has 5 atom stereocenters. The first-order valence-electron chi connectivity index (χ1n) is 8.25. The van der Waals surface area contributed by atoms with Crippen LogP contribution in [0.4, 0.5) is 0 Å². The summed E-state index contributed by atoms with van der Waals surface area (Å²) in [6.45, 7) is 4.21. The van der Waals surface area contributed by atoms with E-state index < -0.39 is 11.5 Å². The van der Waals surface area contributed by atoms with Gasteiger partial charge in [-0.05, 0) is 38.3 Å². The van der Waals surface area contributed by atoms with Gasteiger partial charge in [-0.1, -0.05) is 6.92 Å². The zero-order valence-corrected chi connectivity index (χ0v) is 13.3. The summed E-state index contributed by atoms with van der Waals surface area (Å²) in [4.78, 5) is 25.6. The highest BCUT2D eigenvalue weighted by molar-refractivity contribution is 5.92. The van der Waals surface area contributed by atoms with Crippen LogP contribution in [0.5, 0.6) is 0 Å². The molecule has 6 nitrogen and oxygen atoms in total. The lowest BCUT2D eigenvalue weighted by Crippen LogP contribution is -2.55. The molecular formula is C17H21NO5. The van der Waals surface area contributed by atoms with Crippen LogP contribution >= 0.6 is 0 Å². The van der Waals surface area contributed by atoms with E-state index in [1.54, 1.807) is 19.1 Å². The molecular weight excluding hydrogens is 298 g/mol. The molecule has 6 heteroatoms. The average Bonchev–Trinajstić information content (AvgIpc) is 3.03. The van der Waals surface area contributed by atoms with E-state index in [9.17, 15) is 14.7 Å². The van der Waals surface area contributed by atoms with E-state index in [0.717, 1.165) is 12.8 Å². The predicted molar refractivity (Wildman–Crippen MR) is 79.8 cm³/mol. The van der Waals surface area contributed by atoms with Gasteiger partial charge < -0.3 is 19.5 Å². The molecule has 0 radical (unpaired) electrons. The summed E-state index contributed by atoms with van der Waals surface area (Å²) in [5.41, 5.74) is -0.832.